The molecule has 0 saturated heterocycles. The number of carbonyl (C=O) groups excluding carboxylic acids is 1. The number of aliphatic hydroxyl groups is 1. The molecule has 2 bridgehead atoms. The third-order valence-corrected chi connectivity index (χ3v) is 7.40. The maximum Gasteiger partial charge on any atom is 0.265 e. The first-order valence-corrected chi connectivity index (χ1v) is 11.3. The Morgan fingerprint density at radius 2 is 1.93 bits per heavy atom. The number of carbonyl (C=O) groups is 1. The summed E-state index contributed by atoms with van der Waals surface area (Å²) < 4.78 is 31.0. The van der Waals surface area contributed by atoms with Crippen LogP contribution in [0.1, 0.15) is 45.7 Å². The molecule has 1 heterocycles. The molecule has 2 aliphatic rings. The molecule has 0 spiro atoms. The molecule has 2 atom stereocenters. The molecule has 2 aliphatic carbocycles. The molecule has 156 valence electrons. The van der Waals surface area contributed by atoms with E-state index in [0.717, 1.165) is 23.0 Å². The van der Waals surface area contributed by atoms with Gasteiger partial charge in [-0.2, -0.15) is 8.42 Å². The lowest BCUT2D eigenvalue weighted by atomic mass is 9.70. The van der Waals surface area contributed by atoms with Gasteiger partial charge in [0.05, 0.1) is 28.1 Å². The molecule has 0 aliphatic heterocycles. The monoisotopic (exact) mass is 417 g/mol. The zero-order valence-electron chi connectivity index (χ0n) is 16.9. The van der Waals surface area contributed by atoms with Crippen LogP contribution in [0.2, 0.25) is 0 Å². The predicted molar refractivity (Wildman–Crippen MR) is 113 cm³/mol. The van der Waals surface area contributed by atoms with Crippen molar-refractivity contribution in [3.8, 4) is 0 Å². The quantitative estimate of drug-likeness (QED) is 0.566. The number of rotatable bonds is 3. The molecule has 2 fully saturated rings. The zero-order valence-corrected chi connectivity index (χ0v) is 17.7. The first-order chi connectivity index (χ1) is 13.4. The number of para-hydroxylation sites is 1. The van der Waals surface area contributed by atoms with E-state index in [-0.39, 0.29) is 22.9 Å². The van der Waals surface area contributed by atoms with Crippen molar-refractivity contribution in [3.63, 3.8) is 0 Å². The van der Waals surface area contributed by atoms with Gasteiger partial charge in [-0.05, 0) is 43.2 Å². The van der Waals surface area contributed by atoms with Crippen molar-refractivity contribution in [2.75, 3.05) is 5.75 Å². The largest absolute Gasteiger partial charge is 0.513 e. The normalized spacial score (nSPS) is 25.7. The Morgan fingerprint density at radius 1 is 1.24 bits per heavy atom. The van der Waals surface area contributed by atoms with Crippen molar-refractivity contribution < 1.29 is 22.9 Å². The molecular weight excluding hydrogens is 390 g/mol. The number of Topliss-reactive ketones (excluding diaryl/α,β-unsaturated/α-hetero) is 1. The Hall–Kier alpha value is -2.25. The molecule has 29 heavy (non-hydrogen) atoms. The topological polar surface area (TPSA) is 105 Å². The van der Waals surface area contributed by atoms with Gasteiger partial charge in [-0.1, -0.05) is 38.1 Å². The smallest absolute Gasteiger partial charge is 0.265 e. The molecule has 0 unspecified atom stereocenters. The minimum Gasteiger partial charge on any atom is -0.513 e. The van der Waals surface area contributed by atoms with Gasteiger partial charge in [-0.3, -0.25) is 9.35 Å². The summed E-state index contributed by atoms with van der Waals surface area (Å²) in [4.78, 5) is 16.3. The Kier molecular flexibility index (Phi) is 5.58. The van der Waals surface area contributed by atoms with Crippen LogP contribution in [0.4, 0.5) is 0 Å². The fraction of sp³-hybridized carbons (Fsp3) is 0.455. The Labute approximate surface area is 171 Å². The summed E-state index contributed by atoms with van der Waals surface area (Å²) in [5.41, 5.74) is 0.608. The van der Waals surface area contributed by atoms with Gasteiger partial charge >= 0.3 is 0 Å². The highest BCUT2D eigenvalue weighted by Gasteiger charge is 2.65. The van der Waals surface area contributed by atoms with E-state index in [4.69, 9.17) is 9.66 Å². The van der Waals surface area contributed by atoms with E-state index < -0.39 is 21.3 Å². The lowest BCUT2D eigenvalue weighted by Crippen LogP contribution is -2.42. The summed E-state index contributed by atoms with van der Waals surface area (Å²) >= 11 is 0. The first kappa shape index (κ1) is 21.5. The zero-order chi connectivity index (χ0) is 21.4. The van der Waals surface area contributed by atoms with Crippen LogP contribution in [0, 0.1) is 16.7 Å². The molecule has 0 radical (unpaired) electrons. The van der Waals surface area contributed by atoms with Crippen LogP contribution in [0.25, 0.3) is 17.0 Å². The van der Waals surface area contributed by atoms with Crippen molar-refractivity contribution in [2.45, 2.75) is 40.0 Å². The van der Waals surface area contributed by atoms with Gasteiger partial charge in [0.15, 0.2) is 0 Å². The number of benzene rings is 1. The van der Waals surface area contributed by atoms with Crippen LogP contribution < -0.4 is 0 Å². The summed E-state index contributed by atoms with van der Waals surface area (Å²) in [6.07, 6.45) is 3.62. The number of aliphatic hydroxyl groups excluding tert-OH is 1. The molecule has 0 amide bonds. The van der Waals surface area contributed by atoms with E-state index in [2.05, 4.69) is 4.98 Å². The minimum absolute atomic E-state index is 0.0152. The molecule has 1 aromatic carbocycles. The molecule has 2 N–H and O–H groups in total. The molecule has 2 saturated carbocycles. The van der Waals surface area contributed by atoms with E-state index in [1.807, 2.05) is 50.2 Å². The summed E-state index contributed by atoms with van der Waals surface area (Å²) in [6, 6.07) is 11.8. The number of ketones is 1. The fourth-order valence-corrected chi connectivity index (χ4v) is 6.10. The number of hydrogen-bond acceptors (Lipinski definition) is 5. The number of allylic oxidation sites excluding steroid dienone is 1. The van der Waals surface area contributed by atoms with Crippen LogP contribution in [0.3, 0.4) is 0 Å². The molecule has 4 rings (SSSR count). The third kappa shape index (κ3) is 4.21. The third-order valence-electron chi connectivity index (χ3n) is 6.54. The van der Waals surface area contributed by atoms with Crippen LogP contribution in [0.15, 0.2) is 42.2 Å². The predicted octanol–water partition coefficient (Wildman–Crippen LogP) is 4.42. The fourth-order valence-electron chi connectivity index (χ4n) is 4.80. The highest BCUT2D eigenvalue weighted by Crippen LogP contribution is 2.64. The second kappa shape index (κ2) is 7.54. The van der Waals surface area contributed by atoms with Crippen LogP contribution in [0.5, 0.6) is 0 Å². The number of fused-ring (bicyclic) bond motifs is 3. The summed E-state index contributed by atoms with van der Waals surface area (Å²) in [6.45, 7) is 5.53. The van der Waals surface area contributed by atoms with E-state index in [1.165, 1.54) is 0 Å². The van der Waals surface area contributed by atoms with Crippen molar-refractivity contribution in [3.05, 3.63) is 47.9 Å². The van der Waals surface area contributed by atoms with Crippen molar-refractivity contribution in [1.82, 2.24) is 4.98 Å². The number of aromatic nitrogens is 1. The molecular formula is C22H27NO5S. The van der Waals surface area contributed by atoms with Gasteiger partial charge in [0.1, 0.15) is 5.78 Å². The van der Waals surface area contributed by atoms with Crippen molar-refractivity contribution >= 4 is 32.9 Å². The summed E-state index contributed by atoms with van der Waals surface area (Å²) in [5, 5.41) is 10.2. The summed E-state index contributed by atoms with van der Waals surface area (Å²) in [7, 11) is -4.08. The van der Waals surface area contributed by atoms with Gasteiger partial charge in [-0.25, -0.2) is 4.98 Å². The highest BCUT2D eigenvalue weighted by atomic mass is 32.2. The Balaban J connectivity index is 0.000000166. The number of hydrogen-bond donors (Lipinski definition) is 2. The van der Waals surface area contributed by atoms with Gasteiger partial charge in [0, 0.05) is 17.9 Å². The second-order valence-electron chi connectivity index (χ2n) is 8.61. The Bertz CT molecular complexity index is 1070. The number of pyridine rings is 1. The molecule has 7 heteroatoms. The second-order valence-corrected chi connectivity index (χ2v) is 10.1. The van der Waals surface area contributed by atoms with E-state index in [1.54, 1.807) is 13.0 Å². The maximum atomic E-state index is 11.9. The summed E-state index contributed by atoms with van der Waals surface area (Å²) in [5.74, 6) is 0.170. The first-order valence-electron chi connectivity index (χ1n) is 9.66. The standard InChI is InChI=1S/C12H11NO.C10H16O4S/c1-9(14)8-11-7-6-10-4-2-3-5-12(10)13-11;1-9(2)7-3-4-10(9,8(11)5-7)6-15(12,13)14/h2-8,14H,1H3;7H,3-6H2,1-2H3,(H,12,13,14)/b9-8-;/t;7-,10-/m.0/s1. The van der Waals surface area contributed by atoms with Crippen molar-refractivity contribution in [1.29, 1.82) is 0 Å². The van der Waals surface area contributed by atoms with Gasteiger partial charge in [-0.15, -0.1) is 0 Å². The van der Waals surface area contributed by atoms with Crippen LogP contribution in [-0.2, 0) is 14.9 Å². The van der Waals surface area contributed by atoms with E-state index in [9.17, 15) is 13.2 Å². The van der Waals surface area contributed by atoms with Gasteiger partial charge in [0.25, 0.3) is 10.1 Å². The van der Waals surface area contributed by atoms with E-state index in [0.29, 0.717) is 12.8 Å². The number of nitrogens with zero attached hydrogens (tertiary/aromatic N) is 1. The molecule has 6 nitrogen and oxygen atoms in total. The lowest BCUT2D eigenvalue weighted by molar-refractivity contribution is -0.128. The lowest BCUT2D eigenvalue weighted by Gasteiger charge is -2.35. The molecule has 1 aromatic heterocycles. The average molecular weight is 418 g/mol. The van der Waals surface area contributed by atoms with Crippen LogP contribution >= 0.6 is 0 Å². The molecule has 2 aromatic rings. The highest BCUT2D eigenvalue weighted by molar-refractivity contribution is 7.85. The average Bonchev–Trinajstić information content (AvgIpc) is 2.94. The van der Waals surface area contributed by atoms with Gasteiger partial charge < -0.3 is 5.11 Å². The van der Waals surface area contributed by atoms with Crippen LogP contribution in [-0.4, -0.2) is 34.6 Å². The Morgan fingerprint density at radius 3 is 2.48 bits per heavy atom. The van der Waals surface area contributed by atoms with Gasteiger partial charge in [0.2, 0.25) is 0 Å². The van der Waals surface area contributed by atoms with Crippen molar-refractivity contribution in [2.24, 2.45) is 16.7 Å². The maximum absolute atomic E-state index is 11.9. The van der Waals surface area contributed by atoms with E-state index >= 15 is 0 Å². The minimum atomic E-state index is -4.08. The SMILES string of the molecule is C/C(O)=C/c1ccc2ccccc2n1.CC1(C)[C@H]2CC[C@]1(CS(=O)(=O)O)C(=O)C2.